The van der Waals surface area contributed by atoms with Crippen LogP contribution in [0.25, 0.3) is 0 Å². The van der Waals surface area contributed by atoms with Gasteiger partial charge in [-0.05, 0) is 37.6 Å². The van der Waals surface area contributed by atoms with Crippen molar-refractivity contribution in [3.8, 4) is 0 Å². The molecule has 4 heteroatoms. The lowest BCUT2D eigenvalue weighted by atomic mass is 10.0. The second-order valence-electron chi connectivity index (χ2n) is 4.57. The summed E-state index contributed by atoms with van der Waals surface area (Å²) < 4.78 is 5.41. The first-order valence-electron chi connectivity index (χ1n) is 6.77. The third-order valence-corrected chi connectivity index (χ3v) is 3.46. The van der Waals surface area contributed by atoms with Gasteiger partial charge in [-0.3, -0.25) is 4.90 Å². The minimum Gasteiger partial charge on any atom is -0.389 e. The van der Waals surface area contributed by atoms with Crippen molar-refractivity contribution in [3.63, 3.8) is 0 Å². The van der Waals surface area contributed by atoms with Crippen molar-refractivity contribution < 1.29 is 4.74 Å². The molecule has 0 unspecified atom stereocenters. The Kier molecular flexibility index (Phi) is 6.99. The van der Waals surface area contributed by atoms with Crippen molar-refractivity contribution in [2.24, 2.45) is 5.73 Å². The van der Waals surface area contributed by atoms with Crippen LogP contribution in [-0.2, 0) is 11.3 Å². The molecule has 1 aromatic carbocycles. The zero-order valence-corrected chi connectivity index (χ0v) is 12.9. The van der Waals surface area contributed by atoms with E-state index in [2.05, 4.69) is 30.9 Å². The highest BCUT2D eigenvalue weighted by atomic mass is 32.1. The van der Waals surface area contributed by atoms with Crippen molar-refractivity contribution in [3.05, 3.63) is 34.9 Å². The molecule has 0 fully saturated rings. The van der Waals surface area contributed by atoms with Crippen molar-refractivity contribution in [1.29, 1.82) is 0 Å². The highest BCUT2D eigenvalue weighted by Gasteiger charge is 2.07. The summed E-state index contributed by atoms with van der Waals surface area (Å²) in [4.78, 5) is 2.83. The van der Waals surface area contributed by atoms with Gasteiger partial charge >= 0.3 is 0 Å². The lowest BCUT2D eigenvalue weighted by molar-refractivity contribution is 0.113. The molecule has 0 bridgehead atoms. The van der Waals surface area contributed by atoms with Gasteiger partial charge in [0.1, 0.15) is 4.99 Å². The number of thiocarbonyl (C=S) groups is 1. The van der Waals surface area contributed by atoms with E-state index in [1.54, 1.807) is 0 Å². The lowest BCUT2D eigenvalue weighted by Crippen LogP contribution is -2.27. The fourth-order valence-corrected chi connectivity index (χ4v) is 2.08. The number of benzene rings is 1. The SMILES string of the molecule is CCOCCN(CC)Cc1ccc(C(N)=S)cc1C. The molecule has 19 heavy (non-hydrogen) atoms. The summed E-state index contributed by atoms with van der Waals surface area (Å²) in [6.07, 6.45) is 0. The van der Waals surface area contributed by atoms with Crippen LogP contribution in [-0.4, -0.2) is 36.2 Å². The first-order chi connectivity index (χ1) is 9.08. The van der Waals surface area contributed by atoms with Gasteiger partial charge in [-0.15, -0.1) is 0 Å². The van der Waals surface area contributed by atoms with Crippen molar-refractivity contribution >= 4 is 17.2 Å². The van der Waals surface area contributed by atoms with Crippen molar-refractivity contribution in [2.45, 2.75) is 27.3 Å². The molecule has 3 nitrogen and oxygen atoms in total. The van der Waals surface area contributed by atoms with Gasteiger partial charge < -0.3 is 10.5 Å². The highest BCUT2D eigenvalue weighted by molar-refractivity contribution is 7.80. The minimum atomic E-state index is 0.457. The number of aryl methyl sites for hydroxylation is 1. The summed E-state index contributed by atoms with van der Waals surface area (Å²) in [5.74, 6) is 0. The van der Waals surface area contributed by atoms with Crippen LogP contribution in [0, 0.1) is 6.92 Å². The van der Waals surface area contributed by atoms with Crippen LogP contribution in [0.4, 0.5) is 0 Å². The molecule has 0 saturated carbocycles. The van der Waals surface area contributed by atoms with E-state index in [9.17, 15) is 0 Å². The van der Waals surface area contributed by atoms with Crippen molar-refractivity contribution in [2.75, 3.05) is 26.3 Å². The topological polar surface area (TPSA) is 38.5 Å². The lowest BCUT2D eigenvalue weighted by Gasteiger charge is -2.21. The van der Waals surface area contributed by atoms with E-state index in [-0.39, 0.29) is 0 Å². The molecule has 0 aromatic heterocycles. The molecule has 0 radical (unpaired) electrons. The standard InChI is InChI=1S/C15H24N2OS/c1-4-17(8-9-18-5-2)11-14-7-6-13(15(16)19)10-12(14)3/h6-7,10H,4-5,8-9,11H2,1-3H3,(H2,16,19). The normalized spacial score (nSPS) is 10.9. The summed E-state index contributed by atoms with van der Waals surface area (Å²) in [5, 5.41) is 0. The first kappa shape index (κ1) is 16.1. The third-order valence-electron chi connectivity index (χ3n) is 3.22. The predicted molar refractivity (Wildman–Crippen MR) is 84.5 cm³/mol. The number of likely N-dealkylation sites (N-methyl/N-ethyl adjacent to an activating group) is 1. The third kappa shape index (κ3) is 5.27. The Labute approximate surface area is 121 Å². The molecule has 0 saturated heterocycles. The van der Waals surface area contributed by atoms with Crippen LogP contribution in [0.15, 0.2) is 18.2 Å². The summed E-state index contributed by atoms with van der Waals surface area (Å²) >= 11 is 5.00. The molecule has 0 aliphatic carbocycles. The number of nitrogens with two attached hydrogens (primary N) is 1. The summed E-state index contributed by atoms with van der Waals surface area (Å²) in [7, 11) is 0. The van der Waals surface area contributed by atoms with Gasteiger partial charge in [0.05, 0.1) is 6.61 Å². The number of nitrogens with zero attached hydrogens (tertiary/aromatic N) is 1. The second-order valence-corrected chi connectivity index (χ2v) is 5.01. The highest BCUT2D eigenvalue weighted by Crippen LogP contribution is 2.13. The van der Waals surface area contributed by atoms with E-state index in [1.807, 2.05) is 13.0 Å². The Morgan fingerprint density at radius 2 is 2.11 bits per heavy atom. The first-order valence-corrected chi connectivity index (χ1v) is 7.18. The van der Waals surface area contributed by atoms with Crippen LogP contribution in [0.2, 0.25) is 0 Å². The maximum Gasteiger partial charge on any atom is 0.103 e. The van der Waals surface area contributed by atoms with Gasteiger partial charge in [0.2, 0.25) is 0 Å². The van der Waals surface area contributed by atoms with Crippen LogP contribution in [0.3, 0.4) is 0 Å². The molecular weight excluding hydrogens is 256 g/mol. The maximum absolute atomic E-state index is 5.65. The average Bonchev–Trinajstić information content (AvgIpc) is 2.39. The van der Waals surface area contributed by atoms with Gasteiger partial charge in [-0.25, -0.2) is 0 Å². The van der Waals surface area contributed by atoms with Crippen LogP contribution in [0.1, 0.15) is 30.5 Å². The molecule has 0 aliphatic rings. The van der Waals surface area contributed by atoms with Gasteiger partial charge in [-0.2, -0.15) is 0 Å². The molecule has 1 aromatic rings. The minimum absolute atomic E-state index is 0.457. The maximum atomic E-state index is 5.65. The van der Waals surface area contributed by atoms with Gasteiger partial charge in [0.15, 0.2) is 0 Å². The Morgan fingerprint density at radius 3 is 2.63 bits per heavy atom. The smallest absolute Gasteiger partial charge is 0.103 e. The largest absolute Gasteiger partial charge is 0.389 e. The van der Waals surface area contributed by atoms with E-state index >= 15 is 0 Å². The van der Waals surface area contributed by atoms with E-state index < -0.39 is 0 Å². The number of ether oxygens (including phenoxy) is 1. The number of hydrogen-bond acceptors (Lipinski definition) is 3. The zero-order valence-electron chi connectivity index (χ0n) is 12.1. The monoisotopic (exact) mass is 280 g/mol. The fraction of sp³-hybridized carbons (Fsp3) is 0.533. The molecule has 0 aliphatic heterocycles. The molecular formula is C15H24N2OS. The fourth-order valence-electron chi connectivity index (χ4n) is 1.95. The quantitative estimate of drug-likeness (QED) is 0.586. The molecule has 0 spiro atoms. The van der Waals surface area contributed by atoms with Crippen molar-refractivity contribution in [1.82, 2.24) is 4.90 Å². The predicted octanol–water partition coefficient (Wildman–Crippen LogP) is 2.49. The van der Waals surface area contributed by atoms with Gasteiger partial charge in [-0.1, -0.05) is 31.3 Å². The average molecular weight is 280 g/mol. The molecule has 0 atom stereocenters. The Balaban J connectivity index is 2.66. The molecule has 0 heterocycles. The molecule has 2 N–H and O–H groups in total. The van der Waals surface area contributed by atoms with Gasteiger partial charge in [0.25, 0.3) is 0 Å². The summed E-state index contributed by atoms with van der Waals surface area (Å²) in [6, 6.07) is 6.18. The van der Waals surface area contributed by atoms with Crippen LogP contribution < -0.4 is 5.73 Å². The second kappa shape index (κ2) is 8.25. The molecule has 1 rings (SSSR count). The Hall–Kier alpha value is -0.970. The van der Waals surface area contributed by atoms with E-state index in [4.69, 9.17) is 22.7 Å². The molecule has 0 amide bonds. The Bertz CT molecular complexity index is 421. The number of rotatable bonds is 8. The van der Waals surface area contributed by atoms with Crippen LogP contribution >= 0.6 is 12.2 Å². The van der Waals surface area contributed by atoms with Crippen LogP contribution in [0.5, 0.6) is 0 Å². The zero-order chi connectivity index (χ0) is 14.3. The Morgan fingerprint density at radius 1 is 1.37 bits per heavy atom. The number of hydrogen-bond donors (Lipinski definition) is 1. The van der Waals surface area contributed by atoms with Gasteiger partial charge in [0, 0.05) is 25.3 Å². The van der Waals surface area contributed by atoms with E-state index in [1.165, 1.54) is 11.1 Å². The molecule has 106 valence electrons. The summed E-state index contributed by atoms with van der Waals surface area (Å²) in [5.41, 5.74) is 9.14. The van der Waals surface area contributed by atoms with E-state index in [0.29, 0.717) is 4.99 Å². The van der Waals surface area contributed by atoms with E-state index in [0.717, 1.165) is 38.4 Å². The summed E-state index contributed by atoms with van der Waals surface area (Å²) in [6.45, 7) is 10.8.